The van der Waals surface area contributed by atoms with Gasteiger partial charge in [0.05, 0.1) is 18.4 Å². The second-order valence-electron chi connectivity index (χ2n) is 3.54. The fraction of sp³-hybridized carbons (Fsp3) is 0.167. The van der Waals surface area contributed by atoms with Crippen molar-refractivity contribution in [1.82, 2.24) is 9.78 Å². The third-order valence-corrected chi connectivity index (χ3v) is 2.22. The van der Waals surface area contributed by atoms with Crippen molar-refractivity contribution in [2.75, 3.05) is 0 Å². The van der Waals surface area contributed by atoms with Crippen LogP contribution in [-0.4, -0.2) is 20.9 Å². The summed E-state index contributed by atoms with van der Waals surface area (Å²) in [5, 5.41) is 12.6. The summed E-state index contributed by atoms with van der Waals surface area (Å²) in [6.07, 6.45) is 2.74. The number of carbonyl (C=O) groups is 1. The molecular weight excluding hydrogens is 220 g/mol. The Labute approximate surface area is 98.3 Å². The molecule has 0 aliphatic carbocycles. The molecule has 0 radical (unpaired) electrons. The molecule has 1 aromatic carbocycles. The minimum absolute atomic E-state index is 0.160. The van der Waals surface area contributed by atoms with Crippen LogP contribution >= 0.6 is 0 Å². The van der Waals surface area contributed by atoms with Crippen LogP contribution in [0.1, 0.15) is 15.9 Å². The van der Waals surface area contributed by atoms with Gasteiger partial charge in [-0.2, -0.15) is 5.10 Å². The van der Waals surface area contributed by atoms with E-state index in [0.717, 1.165) is 5.56 Å². The van der Waals surface area contributed by atoms with E-state index >= 15 is 0 Å². The van der Waals surface area contributed by atoms with Crippen molar-refractivity contribution in [2.24, 2.45) is 0 Å². The molecule has 0 unspecified atom stereocenters. The van der Waals surface area contributed by atoms with Gasteiger partial charge in [-0.1, -0.05) is 30.3 Å². The average molecular weight is 232 g/mol. The van der Waals surface area contributed by atoms with Crippen LogP contribution < -0.4 is 0 Å². The smallest absolute Gasteiger partial charge is 0.338 e. The molecule has 0 spiro atoms. The van der Waals surface area contributed by atoms with Crippen LogP contribution in [0.25, 0.3) is 0 Å². The Bertz CT molecular complexity index is 493. The molecule has 0 aliphatic heterocycles. The summed E-state index contributed by atoms with van der Waals surface area (Å²) in [4.78, 5) is 10.6. The predicted octanol–water partition coefficient (Wildman–Crippen LogP) is 1.76. The van der Waals surface area contributed by atoms with E-state index in [1.54, 1.807) is 0 Å². The second kappa shape index (κ2) is 5.27. The average Bonchev–Trinajstić information content (AvgIpc) is 2.79. The van der Waals surface area contributed by atoms with Crippen LogP contribution in [-0.2, 0) is 18.1 Å². The standard InChI is InChI=1S/C12H12N2O3/c15-12(16)11-6-13-14(7-11)9-17-8-10-4-2-1-3-5-10/h1-7H,8-9H2,(H,15,16). The molecule has 17 heavy (non-hydrogen) atoms. The van der Waals surface area contributed by atoms with Crippen molar-refractivity contribution in [3.05, 3.63) is 53.9 Å². The second-order valence-corrected chi connectivity index (χ2v) is 3.54. The summed E-state index contributed by atoms with van der Waals surface area (Å²) in [7, 11) is 0. The lowest BCUT2D eigenvalue weighted by atomic mass is 10.2. The van der Waals surface area contributed by atoms with Gasteiger partial charge in [-0.15, -0.1) is 0 Å². The van der Waals surface area contributed by atoms with Gasteiger partial charge in [0, 0.05) is 6.20 Å². The maximum absolute atomic E-state index is 10.6. The summed E-state index contributed by atoms with van der Waals surface area (Å²) >= 11 is 0. The Morgan fingerprint density at radius 2 is 2.12 bits per heavy atom. The first-order chi connectivity index (χ1) is 8.25. The van der Waals surface area contributed by atoms with E-state index in [-0.39, 0.29) is 12.3 Å². The number of aromatic carboxylic acids is 1. The number of carboxylic acids is 1. The third kappa shape index (κ3) is 3.15. The highest BCUT2D eigenvalue weighted by Crippen LogP contribution is 2.02. The molecule has 1 heterocycles. The van der Waals surface area contributed by atoms with E-state index in [9.17, 15) is 4.79 Å². The van der Waals surface area contributed by atoms with Crippen molar-refractivity contribution in [1.29, 1.82) is 0 Å². The molecule has 0 amide bonds. The number of hydrogen-bond donors (Lipinski definition) is 1. The molecule has 88 valence electrons. The van der Waals surface area contributed by atoms with Crippen molar-refractivity contribution in [3.63, 3.8) is 0 Å². The van der Waals surface area contributed by atoms with Gasteiger partial charge in [-0.3, -0.25) is 0 Å². The zero-order chi connectivity index (χ0) is 12.1. The van der Waals surface area contributed by atoms with Crippen LogP contribution in [0.5, 0.6) is 0 Å². The largest absolute Gasteiger partial charge is 0.478 e. The van der Waals surface area contributed by atoms with Crippen LogP contribution in [0.15, 0.2) is 42.7 Å². The maximum atomic E-state index is 10.6. The SMILES string of the molecule is O=C(O)c1cnn(COCc2ccccc2)c1. The number of ether oxygens (including phenoxy) is 1. The molecule has 0 saturated carbocycles. The molecule has 2 rings (SSSR count). The molecule has 0 fully saturated rings. The molecule has 5 heteroatoms. The Balaban J connectivity index is 1.84. The lowest BCUT2D eigenvalue weighted by Gasteiger charge is -2.03. The maximum Gasteiger partial charge on any atom is 0.338 e. The van der Waals surface area contributed by atoms with Gasteiger partial charge in [-0.25, -0.2) is 9.48 Å². The molecule has 0 atom stereocenters. The number of aromatic nitrogens is 2. The van der Waals surface area contributed by atoms with E-state index in [4.69, 9.17) is 9.84 Å². The summed E-state index contributed by atoms with van der Waals surface area (Å²) in [5.74, 6) is -0.987. The molecule has 0 aliphatic rings. The topological polar surface area (TPSA) is 64.3 Å². The van der Waals surface area contributed by atoms with Crippen molar-refractivity contribution < 1.29 is 14.6 Å². The van der Waals surface area contributed by atoms with Gasteiger partial charge in [0.1, 0.15) is 6.73 Å². The molecule has 1 N–H and O–H groups in total. The van der Waals surface area contributed by atoms with Gasteiger partial charge in [0.2, 0.25) is 0 Å². The van der Waals surface area contributed by atoms with E-state index < -0.39 is 5.97 Å². The Kier molecular flexibility index (Phi) is 3.52. The number of hydrogen-bond acceptors (Lipinski definition) is 3. The lowest BCUT2D eigenvalue weighted by molar-refractivity contribution is 0.0558. The first-order valence-corrected chi connectivity index (χ1v) is 5.13. The number of benzene rings is 1. The minimum Gasteiger partial charge on any atom is -0.478 e. The van der Waals surface area contributed by atoms with Gasteiger partial charge in [0.15, 0.2) is 0 Å². The van der Waals surface area contributed by atoms with Crippen LogP contribution in [0.4, 0.5) is 0 Å². The zero-order valence-corrected chi connectivity index (χ0v) is 9.11. The third-order valence-electron chi connectivity index (χ3n) is 2.22. The minimum atomic E-state index is -0.987. The van der Waals surface area contributed by atoms with E-state index in [2.05, 4.69) is 5.10 Å². The van der Waals surface area contributed by atoms with Gasteiger partial charge in [-0.05, 0) is 5.56 Å². The fourth-order valence-electron chi connectivity index (χ4n) is 1.38. The normalized spacial score (nSPS) is 10.4. The molecule has 1 aromatic heterocycles. The first-order valence-electron chi connectivity index (χ1n) is 5.13. The highest BCUT2D eigenvalue weighted by Gasteiger charge is 2.05. The predicted molar refractivity (Wildman–Crippen MR) is 60.4 cm³/mol. The summed E-state index contributed by atoms with van der Waals surface area (Å²) in [6, 6.07) is 9.75. The van der Waals surface area contributed by atoms with Gasteiger partial charge < -0.3 is 9.84 Å². The summed E-state index contributed by atoms with van der Waals surface area (Å²) in [5.41, 5.74) is 1.23. The molecule has 5 nitrogen and oxygen atoms in total. The molecule has 0 saturated heterocycles. The monoisotopic (exact) mass is 232 g/mol. The highest BCUT2D eigenvalue weighted by molar-refractivity contribution is 5.86. The Morgan fingerprint density at radius 3 is 2.76 bits per heavy atom. The van der Waals surface area contributed by atoms with Crippen molar-refractivity contribution in [3.8, 4) is 0 Å². The fourth-order valence-corrected chi connectivity index (χ4v) is 1.38. The van der Waals surface area contributed by atoms with E-state index in [0.29, 0.717) is 6.61 Å². The highest BCUT2D eigenvalue weighted by atomic mass is 16.5. The number of carboxylic acid groups (broad SMARTS) is 1. The van der Waals surface area contributed by atoms with E-state index in [1.165, 1.54) is 17.1 Å². The van der Waals surface area contributed by atoms with Gasteiger partial charge in [0.25, 0.3) is 0 Å². The Hall–Kier alpha value is -2.14. The van der Waals surface area contributed by atoms with Crippen molar-refractivity contribution >= 4 is 5.97 Å². The number of nitrogens with zero attached hydrogens (tertiary/aromatic N) is 2. The summed E-state index contributed by atoms with van der Waals surface area (Å²) in [6.45, 7) is 0.714. The van der Waals surface area contributed by atoms with Crippen LogP contribution in [0.2, 0.25) is 0 Å². The number of rotatable bonds is 5. The van der Waals surface area contributed by atoms with Gasteiger partial charge >= 0.3 is 5.97 Å². The first kappa shape index (κ1) is 11.3. The van der Waals surface area contributed by atoms with E-state index in [1.807, 2.05) is 30.3 Å². The van der Waals surface area contributed by atoms with Crippen LogP contribution in [0.3, 0.4) is 0 Å². The summed E-state index contributed by atoms with van der Waals surface area (Å²) < 4.78 is 6.86. The lowest BCUT2D eigenvalue weighted by Crippen LogP contribution is -2.03. The molecule has 2 aromatic rings. The van der Waals surface area contributed by atoms with Crippen LogP contribution in [0, 0.1) is 0 Å². The quantitative estimate of drug-likeness (QED) is 0.853. The zero-order valence-electron chi connectivity index (χ0n) is 9.11. The Morgan fingerprint density at radius 1 is 1.35 bits per heavy atom. The molecular formula is C12H12N2O3. The van der Waals surface area contributed by atoms with Crippen molar-refractivity contribution in [2.45, 2.75) is 13.3 Å². The molecule has 0 bridgehead atoms.